The summed E-state index contributed by atoms with van der Waals surface area (Å²) in [5, 5.41) is 2.67. The van der Waals surface area contributed by atoms with E-state index in [0.717, 1.165) is 0 Å². The number of carbonyl (C=O) groups excluding carboxylic acids is 2. The van der Waals surface area contributed by atoms with E-state index in [4.69, 9.17) is 9.47 Å². The summed E-state index contributed by atoms with van der Waals surface area (Å²) in [5.74, 6) is 0.206. The first-order valence-corrected chi connectivity index (χ1v) is 6.87. The van der Waals surface area contributed by atoms with Crippen LogP contribution in [0.25, 0.3) is 0 Å². The Labute approximate surface area is 128 Å². The SMILES string of the molecule is COc1ccccc1OC(=O)CCNC(=O)c1ccccc1. The fraction of sp³-hybridized carbons (Fsp3) is 0.176. The van der Waals surface area contributed by atoms with E-state index < -0.39 is 5.97 Å². The van der Waals surface area contributed by atoms with Crippen molar-refractivity contribution in [3.05, 3.63) is 60.2 Å². The van der Waals surface area contributed by atoms with Gasteiger partial charge in [-0.05, 0) is 24.3 Å². The molecule has 0 unspecified atom stereocenters. The molecule has 1 amide bonds. The summed E-state index contributed by atoms with van der Waals surface area (Å²) < 4.78 is 10.3. The average molecular weight is 299 g/mol. The van der Waals surface area contributed by atoms with E-state index in [9.17, 15) is 9.59 Å². The van der Waals surface area contributed by atoms with Crippen LogP contribution in [-0.2, 0) is 4.79 Å². The molecule has 0 radical (unpaired) electrons. The van der Waals surface area contributed by atoms with Gasteiger partial charge in [-0.15, -0.1) is 0 Å². The number of hydrogen-bond acceptors (Lipinski definition) is 4. The van der Waals surface area contributed by atoms with Crippen LogP contribution in [0, 0.1) is 0 Å². The number of hydrogen-bond donors (Lipinski definition) is 1. The Balaban J connectivity index is 1.80. The molecular formula is C17H17NO4. The van der Waals surface area contributed by atoms with Crippen LogP contribution in [0.5, 0.6) is 11.5 Å². The van der Waals surface area contributed by atoms with Crippen molar-refractivity contribution in [2.45, 2.75) is 6.42 Å². The first kappa shape index (κ1) is 15.6. The van der Waals surface area contributed by atoms with Crippen LogP contribution in [0.1, 0.15) is 16.8 Å². The molecule has 0 spiro atoms. The summed E-state index contributed by atoms with van der Waals surface area (Å²) in [5.41, 5.74) is 0.556. The highest BCUT2D eigenvalue weighted by Gasteiger charge is 2.10. The maximum absolute atomic E-state index is 11.8. The lowest BCUT2D eigenvalue weighted by atomic mass is 10.2. The summed E-state index contributed by atoms with van der Waals surface area (Å²) in [6.07, 6.45) is 0.0800. The second-order valence-electron chi connectivity index (χ2n) is 4.50. The number of carbonyl (C=O) groups is 2. The third kappa shape index (κ3) is 4.34. The molecule has 2 rings (SSSR count). The van der Waals surface area contributed by atoms with Gasteiger partial charge in [-0.2, -0.15) is 0 Å². The summed E-state index contributed by atoms with van der Waals surface area (Å²) >= 11 is 0. The molecule has 0 heterocycles. The molecule has 0 aliphatic heterocycles. The second-order valence-corrected chi connectivity index (χ2v) is 4.50. The summed E-state index contributed by atoms with van der Waals surface area (Å²) in [7, 11) is 1.51. The molecule has 2 aromatic carbocycles. The van der Waals surface area contributed by atoms with Gasteiger partial charge >= 0.3 is 5.97 Å². The largest absolute Gasteiger partial charge is 0.493 e. The van der Waals surface area contributed by atoms with Gasteiger partial charge in [0.2, 0.25) is 0 Å². The first-order chi connectivity index (χ1) is 10.7. The standard InChI is InChI=1S/C17H17NO4/c1-21-14-9-5-6-10-15(14)22-16(19)11-12-18-17(20)13-7-3-2-4-8-13/h2-10H,11-12H2,1H3,(H,18,20). The fourth-order valence-electron chi connectivity index (χ4n) is 1.85. The highest BCUT2D eigenvalue weighted by Crippen LogP contribution is 2.25. The molecular weight excluding hydrogens is 282 g/mol. The van der Waals surface area contributed by atoms with Gasteiger partial charge in [0.25, 0.3) is 5.91 Å². The number of nitrogens with one attached hydrogen (secondary N) is 1. The van der Waals surface area contributed by atoms with Crippen molar-refractivity contribution >= 4 is 11.9 Å². The number of ether oxygens (including phenoxy) is 2. The van der Waals surface area contributed by atoms with Crippen molar-refractivity contribution in [3.63, 3.8) is 0 Å². The quantitative estimate of drug-likeness (QED) is 0.657. The number of para-hydroxylation sites is 2. The molecule has 0 aliphatic carbocycles. The van der Waals surface area contributed by atoms with Crippen LogP contribution >= 0.6 is 0 Å². The van der Waals surface area contributed by atoms with Crippen molar-refractivity contribution in [2.24, 2.45) is 0 Å². The van der Waals surface area contributed by atoms with Crippen LogP contribution < -0.4 is 14.8 Å². The van der Waals surface area contributed by atoms with Crippen molar-refractivity contribution in [2.75, 3.05) is 13.7 Å². The van der Waals surface area contributed by atoms with E-state index in [0.29, 0.717) is 17.1 Å². The van der Waals surface area contributed by atoms with E-state index >= 15 is 0 Å². The van der Waals surface area contributed by atoms with E-state index in [2.05, 4.69) is 5.32 Å². The molecule has 0 atom stereocenters. The zero-order chi connectivity index (χ0) is 15.8. The molecule has 0 fully saturated rings. The van der Waals surface area contributed by atoms with Gasteiger partial charge in [-0.1, -0.05) is 30.3 Å². The molecule has 0 aromatic heterocycles. The van der Waals surface area contributed by atoms with E-state index in [1.807, 2.05) is 6.07 Å². The van der Waals surface area contributed by atoms with Gasteiger partial charge in [-0.25, -0.2) is 0 Å². The Hall–Kier alpha value is -2.82. The van der Waals surface area contributed by atoms with Crippen LogP contribution in [0.4, 0.5) is 0 Å². The van der Waals surface area contributed by atoms with Gasteiger partial charge in [0.1, 0.15) is 0 Å². The van der Waals surface area contributed by atoms with Crippen LogP contribution in [0.3, 0.4) is 0 Å². The molecule has 5 nitrogen and oxygen atoms in total. The average Bonchev–Trinajstić information content (AvgIpc) is 2.56. The Bertz CT molecular complexity index is 640. The lowest BCUT2D eigenvalue weighted by molar-refractivity contribution is -0.134. The zero-order valence-electron chi connectivity index (χ0n) is 12.2. The highest BCUT2D eigenvalue weighted by molar-refractivity contribution is 5.94. The fourth-order valence-corrected chi connectivity index (χ4v) is 1.85. The Morgan fingerprint density at radius 2 is 1.59 bits per heavy atom. The summed E-state index contributed by atoms with van der Waals surface area (Å²) in [4.78, 5) is 23.6. The van der Waals surface area contributed by atoms with E-state index in [1.54, 1.807) is 48.5 Å². The van der Waals surface area contributed by atoms with Gasteiger partial charge in [0.05, 0.1) is 13.5 Å². The third-order valence-corrected chi connectivity index (χ3v) is 2.94. The second kappa shape index (κ2) is 7.83. The highest BCUT2D eigenvalue weighted by atomic mass is 16.6. The van der Waals surface area contributed by atoms with Gasteiger partial charge < -0.3 is 14.8 Å². The minimum Gasteiger partial charge on any atom is -0.493 e. The predicted octanol–water partition coefficient (Wildman–Crippen LogP) is 2.42. The van der Waals surface area contributed by atoms with E-state index in [-0.39, 0.29) is 18.9 Å². The van der Waals surface area contributed by atoms with Crippen molar-refractivity contribution in [3.8, 4) is 11.5 Å². The van der Waals surface area contributed by atoms with Crippen LogP contribution in [-0.4, -0.2) is 25.5 Å². The minimum absolute atomic E-state index is 0.0800. The number of esters is 1. The maximum atomic E-state index is 11.8. The Kier molecular flexibility index (Phi) is 5.54. The lowest BCUT2D eigenvalue weighted by Crippen LogP contribution is -2.27. The summed E-state index contributed by atoms with van der Waals surface area (Å²) in [6.45, 7) is 0.210. The molecule has 0 aliphatic rings. The lowest BCUT2D eigenvalue weighted by Gasteiger charge is -2.09. The molecule has 5 heteroatoms. The normalized spacial score (nSPS) is 9.86. The Morgan fingerprint density at radius 3 is 2.27 bits per heavy atom. The molecule has 114 valence electrons. The smallest absolute Gasteiger partial charge is 0.313 e. The Morgan fingerprint density at radius 1 is 0.955 bits per heavy atom. The molecule has 1 N–H and O–H groups in total. The van der Waals surface area contributed by atoms with Gasteiger partial charge in [0.15, 0.2) is 11.5 Å². The molecule has 0 saturated heterocycles. The topological polar surface area (TPSA) is 64.6 Å². The van der Waals surface area contributed by atoms with Crippen LogP contribution in [0.2, 0.25) is 0 Å². The monoisotopic (exact) mass is 299 g/mol. The van der Waals surface area contributed by atoms with Crippen molar-refractivity contribution in [1.29, 1.82) is 0 Å². The molecule has 22 heavy (non-hydrogen) atoms. The third-order valence-electron chi connectivity index (χ3n) is 2.94. The van der Waals surface area contributed by atoms with Crippen molar-refractivity contribution in [1.82, 2.24) is 5.32 Å². The molecule has 0 bridgehead atoms. The number of rotatable bonds is 6. The van der Waals surface area contributed by atoms with Gasteiger partial charge in [0, 0.05) is 12.1 Å². The predicted molar refractivity (Wildman–Crippen MR) is 82.0 cm³/mol. The molecule has 0 saturated carbocycles. The van der Waals surface area contributed by atoms with Gasteiger partial charge in [-0.3, -0.25) is 9.59 Å². The zero-order valence-corrected chi connectivity index (χ0v) is 12.2. The minimum atomic E-state index is -0.433. The summed E-state index contributed by atoms with van der Waals surface area (Å²) in [6, 6.07) is 15.7. The van der Waals surface area contributed by atoms with Crippen LogP contribution in [0.15, 0.2) is 54.6 Å². The number of amides is 1. The van der Waals surface area contributed by atoms with E-state index in [1.165, 1.54) is 7.11 Å². The number of methoxy groups -OCH3 is 1. The van der Waals surface area contributed by atoms with Crippen molar-refractivity contribution < 1.29 is 19.1 Å². The maximum Gasteiger partial charge on any atom is 0.313 e. The first-order valence-electron chi connectivity index (χ1n) is 6.87. The molecule has 2 aromatic rings. The number of benzene rings is 2.